The zero-order valence-electron chi connectivity index (χ0n) is 10.9. The van der Waals surface area contributed by atoms with Gasteiger partial charge in [-0.15, -0.1) is 0 Å². The van der Waals surface area contributed by atoms with Gasteiger partial charge in [-0.05, 0) is 36.5 Å². The van der Waals surface area contributed by atoms with Crippen molar-refractivity contribution in [1.29, 1.82) is 0 Å². The van der Waals surface area contributed by atoms with E-state index in [1.165, 1.54) is 5.56 Å². The van der Waals surface area contributed by atoms with Crippen molar-refractivity contribution >= 4 is 0 Å². The predicted molar refractivity (Wildman–Crippen MR) is 69.7 cm³/mol. The van der Waals surface area contributed by atoms with Crippen molar-refractivity contribution in [2.45, 2.75) is 50.0 Å². The minimum Gasteiger partial charge on any atom is -0.493 e. The first-order chi connectivity index (χ1) is 8.96. The third-order valence-electron chi connectivity index (χ3n) is 4.29. The van der Waals surface area contributed by atoms with Crippen molar-refractivity contribution in [3.05, 3.63) is 29.3 Å². The largest absolute Gasteiger partial charge is 0.493 e. The Morgan fingerprint density at radius 1 is 1.16 bits per heavy atom. The lowest BCUT2D eigenvalue weighted by atomic mass is 9.77. The van der Waals surface area contributed by atoms with Crippen molar-refractivity contribution in [1.82, 2.24) is 0 Å². The van der Waals surface area contributed by atoms with Crippen LogP contribution in [-0.4, -0.2) is 18.1 Å². The Morgan fingerprint density at radius 2 is 1.89 bits per heavy atom. The Labute approximate surface area is 111 Å². The normalized spacial score (nSPS) is 23.7. The maximum Gasteiger partial charge on any atom is 0.248 e. The standard InChI is InChI=1S/C15H19F2NO/c16-15(17)6-4-14(18,5-7-15)10-11-1-2-13-12(9-11)3-8-19-13/h1-2,9H,3-8,10,18H2. The Morgan fingerprint density at radius 3 is 2.63 bits per heavy atom. The third-order valence-corrected chi connectivity index (χ3v) is 4.29. The number of ether oxygens (including phenoxy) is 1. The molecule has 4 heteroatoms. The van der Waals surface area contributed by atoms with Gasteiger partial charge in [-0.25, -0.2) is 8.78 Å². The van der Waals surface area contributed by atoms with Gasteiger partial charge in [0, 0.05) is 24.8 Å². The lowest BCUT2D eigenvalue weighted by Gasteiger charge is -2.37. The molecule has 2 N–H and O–H groups in total. The SMILES string of the molecule is NC1(Cc2ccc3c(c2)CCO3)CCC(F)(F)CC1. The molecule has 1 aliphatic carbocycles. The summed E-state index contributed by atoms with van der Waals surface area (Å²) in [5.41, 5.74) is 8.16. The molecule has 19 heavy (non-hydrogen) atoms. The Kier molecular flexibility index (Phi) is 3.01. The molecule has 1 heterocycles. The first-order valence-corrected chi connectivity index (χ1v) is 6.87. The van der Waals surface area contributed by atoms with Gasteiger partial charge in [0.15, 0.2) is 0 Å². The van der Waals surface area contributed by atoms with E-state index in [-0.39, 0.29) is 12.8 Å². The molecule has 0 atom stereocenters. The van der Waals surface area contributed by atoms with Crippen molar-refractivity contribution in [3.8, 4) is 5.75 Å². The molecule has 0 aromatic heterocycles. The van der Waals surface area contributed by atoms with E-state index in [2.05, 4.69) is 6.07 Å². The van der Waals surface area contributed by atoms with Crippen molar-refractivity contribution in [3.63, 3.8) is 0 Å². The first-order valence-electron chi connectivity index (χ1n) is 6.87. The molecule has 0 bridgehead atoms. The van der Waals surface area contributed by atoms with Crippen LogP contribution in [0.2, 0.25) is 0 Å². The predicted octanol–water partition coefficient (Wildman–Crippen LogP) is 3.07. The quantitative estimate of drug-likeness (QED) is 0.893. The zero-order valence-corrected chi connectivity index (χ0v) is 10.9. The van der Waals surface area contributed by atoms with Crippen LogP contribution in [0.15, 0.2) is 18.2 Å². The summed E-state index contributed by atoms with van der Waals surface area (Å²) in [6.45, 7) is 0.735. The molecule has 0 unspecified atom stereocenters. The van der Waals surface area contributed by atoms with Crippen LogP contribution in [0.25, 0.3) is 0 Å². The van der Waals surface area contributed by atoms with Crippen LogP contribution in [0.4, 0.5) is 8.78 Å². The number of fused-ring (bicyclic) bond motifs is 1. The molecule has 0 radical (unpaired) electrons. The topological polar surface area (TPSA) is 35.2 Å². The summed E-state index contributed by atoms with van der Waals surface area (Å²) < 4.78 is 31.9. The molecular weight excluding hydrogens is 248 g/mol. The molecule has 1 fully saturated rings. The summed E-state index contributed by atoms with van der Waals surface area (Å²) >= 11 is 0. The maximum atomic E-state index is 13.2. The highest BCUT2D eigenvalue weighted by Gasteiger charge is 2.41. The zero-order chi connectivity index (χ0) is 13.5. The number of rotatable bonds is 2. The Bertz CT molecular complexity index is 477. The molecule has 0 spiro atoms. The molecule has 1 aromatic rings. The summed E-state index contributed by atoms with van der Waals surface area (Å²) in [6, 6.07) is 6.09. The van der Waals surface area contributed by atoms with Gasteiger partial charge in [-0.1, -0.05) is 12.1 Å². The monoisotopic (exact) mass is 267 g/mol. The van der Waals surface area contributed by atoms with Crippen molar-refractivity contribution < 1.29 is 13.5 Å². The van der Waals surface area contributed by atoms with Gasteiger partial charge in [0.1, 0.15) is 5.75 Å². The number of benzene rings is 1. The van der Waals surface area contributed by atoms with E-state index >= 15 is 0 Å². The molecule has 1 saturated carbocycles. The number of nitrogens with two attached hydrogens (primary N) is 1. The lowest BCUT2D eigenvalue weighted by molar-refractivity contribution is -0.0505. The van der Waals surface area contributed by atoms with E-state index < -0.39 is 11.5 Å². The molecule has 104 valence electrons. The molecule has 1 aromatic carbocycles. The van der Waals surface area contributed by atoms with E-state index in [1.807, 2.05) is 12.1 Å². The third kappa shape index (κ3) is 2.73. The van der Waals surface area contributed by atoms with Gasteiger partial charge >= 0.3 is 0 Å². The number of hydrogen-bond acceptors (Lipinski definition) is 2. The minimum atomic E-state index is -2.52. The molecule has 0 amide bonds. The van der Waals surface area contributed by atoms with Crippen LogP contribution in [0, 0.1) is 0 Å². The second-order valence-corrected chi connectivity index (χ2v) is 5.94. The van der Waals surface area contributed by atoms with Crippen LogP contribution < -0.4 is 10.5 Å². The maximum absolute atomic E-state index is 13.2. The Hall–Kier alpha value is -1.16. The molecule has 2 aliphatic rings. The average molecular weight is 267 g/mol. The summed E-state index contributed by atoms with van der Waals surface area (Å²) in [7, 11) is 0. The van der Waals surface area contributed by atoms with Crippen LogP contribution in [-0.2, 0) is 12.8 Å². The fourth-order valence-corrected chi connectivity index (χ4v) is 3.05. The molecule has 3 rings (SSSR count). The van der Waals surface area contributed by atoms with Gasteiger partial charge in [-0.2, -0.15) is 0 Å². The van der Waals surface area contributed by atoms with E-state index in [0.29, 0.717) is 19.3 Å². The smallest absolute Gasteiger partial charge is 0.248 e. The van der Waals surface area contributed by atoms with Gasteiger partial charge in [0.2, 0.25) is 5.92 Å². The Balaban J connectivity index is 1.71. The molecular formula is C15H19F2NO. The van der Waals surface area contributed by atoms with E-state index in [9.17, 15) is 8.78 Å². The first kappa shape index (κ1) is 12.9. The van der Waals surface area contributed by atoms with Gasteiger partial charge < -0.3 is 10.5 Å². The second kappa shape index (κ2) is 4.44. The van der Waals surface area contributed by atoms with Gasteiger partial charge in [0.05, 0.1) is 6.61 Å². The van der Waals surface area contributed by atoms with E-state index in [4.69, 9.17) is 10.5 Å². The summed E-state index contributed by atoms with van der Waals surface area (Å²) in [5, 5.41) is 0. The molecule has 1 aliphatic heterocycles. The van der Waals surface area contributed by atoms with Gasteiger partial charge in [0.25, 0.3) is 0 Å². The lowest BCUT2D eigenvalue weighted by Crippen LogP contribution is -2.47. The fourth-order valence-electron chi connectivity index (χ4n) is 3.05. The average Bonchev–Trinajstić information content (AvgIpc) is 2.81. The molecule has 0 saturated heterocycles. The number of hydrogen-bond donors (Lipinski definition) is 1. The summed E-state index contributed by atoms with van der Waals surface area (Å²) in [4.78, 5) is 0. The number of alkyl halides is 2. The van der Waals surface area contributed by atoms with Crippen LogP contribution in [0.5, 0.6) is 5.75 Å². The van der Waals surface area contributed by atoms with Crippen LogP contribution >= 0.6 is 0 Å². The highest BCUT2D eigenvalue weighted by atomic mass is 19.3. The van der Waals surface area contributed by atoms with Crippen molar-refractivity contribution in [2.75, 3.05) is 6.61 Å². The van der Waals surface area contributed by atoms with Crippen LogP contribution in [0.1, 0.15) is 36.8 Å². The van der Waals surface area contributed by atoms with E-state index in [0.717, 1.165) is 24.3 Å². The van der Waals surface area contributed by atoms with E-state index in [1.54, 1.807) is 0 Å². The van der Waals surface area contributed by atoms with Crippen molar-refractivity contribution in [2.24, 2.45) is 5.73 Å². The van der Waals surface area contributed by atoms with Gasteiger partial charge in [-0.3, -0.25) is 0 Å². The second-order valence-electron chi connectivity index (χ2n) is 5.94. The minimum absolute atomic E-state index is 0.0858. The molecule has 2 nitrogen and oxygen atoms in total. The highest BCUT2D eigenvalue weighted by molar-refractivity contribution is 5.40. The highest BCUT2D eigenvalue weighted by Crippen LogP contribution is 2.39. The van der Waals surface area contributed by atoms with Crippen LogP contribution in [0.3, 0.4) is 0 Å². The summed E-state index contributed by atoms with van der Waals surface area (Å²) in [6.07, 6.45) is 2.23. The summed E-state index contributed by atoms with van der Waals surface area (Å²) in [5.74, 6) is -1.57. The number of halogens is 2. The fraction of sp³-hybridized carbons (Fsp3) is 0.600.